The molecule has 3 aromatic carbocycles. The van der Waals surface area contributed by atoms with Crippen molar-refractivity contribution in [3.05, 3.63) is 83.9 Å². The topological polar surface area (TPSA) is 12.0 Å². The molecule has 22 heavy (non-hydrogen) atoms. The molecule has 0 radical (unpaired) electrons. The highest BCUT2D eigenvalue weighted by Crippen LogP contribution is 2.18. The van der Waals surface area contributed by atoms with Gasteiger partial charge in [0.25, 0.3) is 0 Å². The first kappa shape index (κ1) is 14.8. The Hall–Kier alpha value is -2.12. The minimum atomic E-state index is 1.04. The van der Waals surface area contributed by atoms with Gasteiger partial charge in [0.2, 0.25) is 0 Å². The van der Waals surface area contributed by atoms with Gasteiger partial charge in [0, 0.05) is 0 Å². The van der Waals surface area contributed by atoms with Gasteiger partial charge in [-0.05, 0) is 54.3 Å². The van der Waals surface area contributed by atoms with E-state index in [9.17, 15) is 0 Å². The van der Waals surface area contributed by atoms with E-state index in [4.69, 9.17) is 0 Å². The van der Waals surface area contributed by atoms with Crippen LogP contribution in [0, 0.1) is 0 Å². The average Bonchev–Trinajstić information content (AvgIpc) is 2.59. The zero-order valence-corrected chi connectivity index (χ0v) is 13.0. The average molecular weight is 289 g/mol. The molecule has 0 bridgehead atoms. The second-order valence-electron chi connectivity index (χ2n) is 5.73. The third-order valence-corrected chi connectivity index (χ3v) is 4.11. The molecule has 1 heteroatoms. The van der Waals surface area contributed by atoms with E-state index in [1.165, 1.54) is 28.3 Å². The molecule has 112 valence electrons. The van der Waals surface area contributed by atoms with Crippen LogP contribution in [0.3, 0.4) is 0 Å². The highest BCUT2D eigenvalue weighted by Gasteiger charge is 1.99. The molecule has 1 N–H and O–H groups in total. The van der Waals surface area contributed by atoms with Crippen LogP contribution in [-0.4, -0.2) is 13.1 Å². The zero-order valence-electron chi connectivity index (χ0n) is 13.0. The fraction of sp³-hybridized carbons (Fsp3) is 0.238. The summed E-state index contributed by atoms with van der Waals surface area (Å²) in [5.74, 6) is 0. The van der Waals surface area contributed by atoms with E-state index in [1.807, 2.05) is 0 Å². The molecule has 0 spiro atoms. The molecular weight excluding hydrogens is 266 g/mol. The van der Waals surface area contributed by atoms with Crippen molar-refractivity contribution in [1.82, 2.24) is 5.32 Å². The molecule has 0 atom stereocenters. The monoisotopic (exact) mass is 289 g/mol. The second-order valence-corrected chi connectivity index (χ2v) is 5.73. The van der Waals surface area contributed by atoms with Crippen LogP contribution in [0.5, 0.6) is 0 Å². The number of aryl methyl sites for hydroxylation is 1. The maximum absolute atomic E-state index is 3.57. The quantitative estimate of drug-likeness (QED) is 0.627. The lowest BCUT2D eigenvalue weighted by Gasteiger charge is -2.08. The largest absolute Gasteiger partial charge is 0.316 e. The molecule has 0 aromatic heterocycles. The summed E-state index contributed by atoms with van der Waals surface area (Å²) in [6.07, 6.45) is 3.44. The van der Waals surface area contributed by atoms with E-state index < -0.39 is 0 Å². The lowest BCUT2D eigenvalue weighted by molar-refractivity contribution is 0.648. The fourth-order valence-corrected chi connectivity index (χ4v) is 2.92. The van der Waals surface area contributed by atoms with Crippen molar-refractivity contribution in [2.45, 2.75) is 19.3 Å². The SMILES string of the molecule is c1ccc(CCCNCCc2cccc3ccccc23)cc1. The number of hydrogen-bond donors (Lipinski definition) is 1. The standard InChI is InChI=1S/C21H23N/c1-2-8-18(9-3-1)10-7-16-22-17-15-20-13-6-12-19-11-4-5-14-21(19)20/h1-6,8-9,11-14,22H,7,10,15-17H2. The Bertz CT molecular complexity index is 698. The molecule has 0 unspecified atom stereocenters. The summed E-state index contributed by atoms with van der Waals surface area (Å²) in [7, 11) is 0. The van der Waals surface area contributed by atoms with Crippen LogP contribution < -0.4 is 5.32 Å². The van der Waals surface area contributed by atoms with Crippen LogP contribution >= 0.6 is 0 Å². The highest BCUT2D eigenvalue weighted by atomic mass is 14.8. The Morgan fingerprint density at radius 3 is 2.32 bits per heavy atom. The molecule has 3 aromatic rings. The van der Waals surface area contributed by atoms with Gasteiger partial charge in [0.05, 0.1) is 0 Å². The van der Waals surface area contributed by atoms with Gasteiger partial charge in [-0.3, -0.25) is 0 Å². The van der Waals surface area contributed by atoms with Crippen LogP contribution in [-0.2, 0) is 12.8 Å². The molecule has 0 heterocycles. The van der Waals surface area contributed by atoms with Gasteiger partial charge in [-0.1, -0.05) is 72.8 Å². The molecule has 0 saturated carbocycles. The van der Waals surface area contributed by atoms with Crippen molar-refractivity contribution < 1.29 is 0 Å². The summed E-state index contributed by atoms with van der Waals surface area (Å²) in [5.41, 5.74) is 2.87. The van der Waals surface area contributed by atoms with Crippen LogP contribution in [0.4, 0.5) is 0 Å². The third-order valence-electron chi connectivity index (χ3n) is 4.11. The molecule has 0 fully saturated rings. The number of benzene rings is 3. The Kier molecular flexibility index (Phi) is 5.22. The van der Waals surface area contributed by atoms with Gasteiger partial charge in [-0.2, -0.15) is 0 Å². The molecule has 0 aliphatic rings. The first-order valence-corrected chi connectivity index (χ1v) is 8.15. The van der Waals surface area contributed by atoms with Crippen molar-refractivity contribution >= 4 is 10.8 Å². The number of fused-ring (bicyclic) bond motifs is 1. The van der Waals surface area contributed by atoms with Crippen LogP contribution in [0.15, 0.2) is 72.8 Å². The highest BCUT2D eigenvalue weighted by molar-refractivity contribution is 5.85. The maximum Gasteiger partial charge on any atom is -0.000813 e. The smallest absolute Gasteiger partial charge is 0.000813 e. The van der Waals surface area contributed by atoms with E-state index in [2.05, 4.69) is 78.1 Å². The minimum absolute atomic E-state index is 1.04. The summed E-state index contributed by atoms with van der Waals surface area (Å²) in [6, 6.07) is 25.9. The second kappa shape index (κ2) is 7.77. The summed E-state index contributed by atoms with van der Waals surface area (Å²) in [4.78, 5) is 0. The van der Waals surface area contributed by atoms with E-state index in [-0.39, 0.29) is 0 Å². The molecule has 0 aliphatic heterocycles. The molecular formula is C21H23N. The molecule has 0 amide bonds. The molecule has 0 saturated heterocycles. The summed E-state index contributed by atoms with van der Waals surface area (Å²) in [6.45, 7) is 2.13. The third kappa shape index (κ3) is 3.96. The van der Waals surface area contributed by atoms with Crippen LogP contribution in [0.1, 0.15) is 17.5 Å². The Balaban J connectivity index is 1.43. The Labute approximate surface area is 133 Å². The van der Waals surface area contributed by atoms with Crippen molar-refractivity contribution in [2.75, 3.05) is 13.1 Å². The van der Waals surface area contributed by atoms with Gasteiger partial charge >= 0.3 is 0 Å². The van der Waals surface area contributed by atoms with Gasteiger partial charge in [0.15, 0.2) is 0 Å². The first-order valence-electron chi connectivity index (χ1n) is 8.15. The lowest BCUT2D eigenvalue weighted by Crippen LogP contribution is -2.19. The number of hydrogen-bond acceptors (Lipinski definition) is 1. The molecule has 3 rings (SSSR count). The van der Waals surface area contributed by atoms with E-state index in [1.54, 1.807) is 0 Å². The van der Waals surface area contributed by atoms with Gasteiger partial charge < -0.3 is 5.32 Å². The lowest BCUT2D eigenvalue weighted by atomic mass is 10.0. The van der Waals surface area contributed by atoms with Gasteiger partial charge in [0.1, 0.15) is 0 Å². The first-order chi connectivity index (χ1) is 10.9. The predicted molar refractivity (Wildman–Crippen MR) is 95.3 cm³/mol. The zero-order chi connectivity index (χ0) is 15.0. The van der Waals surface area contributed by atoms with E-state index in [0.29, 0.717) is 0 Å². The van der Waals surface area contributed by atoms with Crippen molar-refractivity contribution in [3.63, 3.8) is 0 Å². The van der Waals surface area contributed by atoms with Crippen LogP contribution in [0.2, 0.25) is 0 Å². The van der Waals surface area contributed by atoms with Crippen molar-refractivity contribution in [2.24, 2.45) is 0 Å². The van der Waals surface area contributed by atoms with E-state index >= 15 is 0 Å². The number of nitrogens with one attached hydrogen (secondary N) is 1. The van der Waals surface area contributed by atoms with Crippen molar-refractivity contribution in [1.29, 1.82) is 0 Å². The predicted octanol–water partition coefficient (Wildman–Crippen LogP) is 4.60. The van der Waals surface area contributed by atoms with Crippen molar-refractivity contribution in [3.8, 4) is 0 Å². The maximum atomic E-state index is 3.57. The van der Waals surface area contributed by atoms with Gasteiger partial charge in [-0.25, -0.2) is 0 Å². The Morgan fingerprint density at radius 1 is 0.636 bits per heavy atom. The normalized spacial score (nSPS) is 10.9. The number of rotatable bonds is 7. The minimum Gasteiger partial charge on any atom is -0.316 e. The molecule has 1 nitrogen and oxygen atoms in total. The van der Waals surface area contributed by atoms with Crippen LogP contribution in [0.25, 0.3) is 10.8 Å². The Morgan fingerprint density at radius 2 is 1.41 bits per heavy atom. The summed E-state index contributed by atoms with van der Waals surface area (Å²) in [5, 5.41) is 6.29. The fourth-order valence-electron chi connectivity index (χ4n) is 2.92. The summed E-state index contributed by atoms with van der Waals surface area (Å²) >= 11 is 0. The van der Waals surface area contributed by atoms with Gasteiger partial charge in [-0.15, -0.1) is 0 Å². The summed E-state index contributed by atoms with van der Waals surface area (Å²) < 4.78 is 0. The van der Waals surface area contributed by atoms with E-state index in [0.717, 1.165) is 25.9 Å². The molecule has 0 aliphatic carbocycles.